The normalized spacial score (nSPS) is 10.4. The standard InChI is InChI=1S/C19H28N2O3S/c1-3-5-6-7-13-21(14-9-12-20-19(22)23)25-18-11-8-10-17(16-18)24-15-4-2/h3-4,8,10-11,16,20H,1-2,5-7,9,12-15H2,(H,22,23). The van der Waals surface area contributed by atoms with Crippen LogP contribution in [0.5, 0.6) is 5.75 Å². The van der Waals surface area contributed by atoms with Crippen molar-refractivity contribution in [2.24, 2.45) is 0 Å². The first-order chi connectivity index (χ1) is 12.2. The van der Waals surface area contributed by atoms with E-state index in [2.05, 4.69) is 28.8 Å². The van der Waals surface area contributed by atoms with E-state index in [0.29, 0.717) is 13.2 Å². The Bertz CT molecular complexity index is 537. The van der Waals surface area contributed by atoms with Gasteiger partial charge in [0.05, 0.1) is 0 Å². The molecular weight excluding hydrogens is 336 g/mol. The van der Waals surface area contributed by atoms with Crippen molar-refractivity contribution >= 4 is 18.0 Å². The molecular formula is C19H28N2O3S. The van der Waals surface area contributed by atoms with Crippen molar-refractivity contribution < 1.29 is 14.6 Å². The number of nitrogens with zero attached hydrogens (tertiary/aromatic N) is 1. The first kappa shape index (κ1) is 21.1. The second-order valence-corrected chi connectivity index (χ2v) is 6.64. The fourth-order valence-electron chi connectivity index (χ4n) is 2.16. The number of carboxylic acid groups (broad SMARTS) is 1. The highest BCUT2D eigenvalue weighted by Gasteiger charge is 2.08. The van der Waals surface area contributed by atoms with E-state index in [1.54, 1.807) is 18.0 Å². The summed E-state index contributed by atoms with van der Waals surface area (Å²) >= 11 is 1.68. The quantitative estimate of drug-likeness (QED) is 0.287. The molecule has 0 aromatic heterocycles. The molecule has 2 N–H and O–H groups in total. The van der Waals surface area contributed by atoms with Crippen LogP contribution in [-0.4, -0.2) is 41.7 Å². The van der Waals surface area contributed by atoms with Gasteiger partial charge in [-0.15, -0.1) is 6.58 Å². The summed E-state index contributed by atoms with van der Waals surface area (Å²) in [6, 6.07) is 7.97. The van der Waals surface area contributed by atoms with E-state index in [1.165, 1.54) is 0 Å². The topological polar surface area (TPSA) is 61.8 Å². The van der Waals surface area contributed by atoms with Crippen molar-refractivity contribution in [3.63, 3.8) is 0 Å². The molecule has 0 aliphatic heterocycles. The summed E-state index contributed by atoms with van der Waals surface area (Å²) in [6.45, 7) is 10.1. The molecule has 0 heterocycles. The minimum Gasteiger partial charge on any atom is -0.490 e. The minimum atomic E-state index is -0.975. The molecule has 0 saturated heterocycles. The number of hydrogen-bond donors (Lipinski definition) is 2. The Balaban J connectivity index is 2.55. The third kappa shape index (κ3) is 10.5. The average Bonchev–Trinajstić information content (AvgIpc) is 2.60. The zero-order valence-corrected chi connectivity index (χ0v) is 15.5. The second kappa shape index (κ2) is 13.4. The Morgan fingerprint density at radius 2 is 2.04 bits per heavy atom. The molecule has 1 aromatic carbocycles. The zero-order valence-electron chi connectivity index (χ0n) is 14.7. The van der Waals surface area contributed by atoms with E-state index in [-0.39, 0.29) is 0 Å². The summed E-state index contributed by atoms with van der Waals surface area (Å²) < 4.78 is 7.86. The molecule has 0 fully saturated rings. The monoisotopic (exact) mass is 364 g/mol. The van der Waals surface area contributed by atoms with Crippen LogP contribution in [0.25, 0.3) is 0 Å². The van der Waals surface area contributed by atoms with E-state index >= 15 is 0 Å². The molecule has 0 atom stereocenters. The Morgan fingerprint density at radius 1 is 1.24 bits per heavy atom. The molecule has 0 saturated carbocycles. The van der Waals surface area contributed by atoms with E-state index in [4.69, 9.17) is 9.84 Å². The highest BCUT2D eigenvalue weighted by atomic mass is 32.2. The van der Waals surface area contributed by atoms with Gasteiger partial charge in [0.15, 0.2) is 0 Å². The smallest absolute Gasteiger partial charge is 0.404 e. The van der Waals surface area contributed by atoms with Crippen LogP contribution >= 0.6 is 11.9 Å². The lowest BCUT2D eigenvalue weighted by atomic mass is 10.2. The summed E-state index contributed by atoms with van der Waals surface area (Å²) in [5.74, 6) is 0.823. The third-order valence-corrected chi connectivity index (χ3v) is 4.42. The maximum atomic E-state index is 10.5. The molecule has 0 aliphatic rings. The molecule has 0 aliphatic carbocycles. The van der Waals surface area contributed by atoms with Gasteiger partial charge in [-0.05, 0) is 55.8 Å². The van der Waals surface area contributed by atoms with Crippen LogP contribution in [0.1, 0.15) is 25.7 Å². The van der Waals surface area contributed by atoms with E-state index in [1.807, 2.05) is 24.3 Å². The number of nitrogens with one attached hydrogen (secondary N) is 1. The number of amides is 1. The number of hydrogen-bond acceptors (Lipinski definition) is 4. The number of allylic oxidation sites excluding steroid dienone is 1. The van der Waals surface area contributed by atoms with E-state index in [0.717, 1.165) is 49.4 Å². The van der Waals surface area contributed by atoms with Crippen LogP contribution in [0.3, 0.4) is 0 Å². The molecule has 138 valence electrons. The predicted octanol–water partition coefficient (Wildman–Crippen LogP) is 4.57. The van der Waals surface area contributed by atoms with Crippen molar-refractivity contribution in [2.75, 3.05) is 26.2 Å². The Morgan fingerprint density at radius 3 is 2.76 bits per heavy atom. The molecule has 1 amide bonds. The van der Waals surface area contributed by atoms with Crippen molar-refractivity contribution in [1.82, 2.24) is 9.62 Å². The lowest BCUT2D eigenvalue weighted by molar-refractivity contribution is 0.194. The summed E-state index contributed by atoms with van der Waals surface area (Å²) in [5.41, 5.74) is 0. The maximum Gasteiger partial charge on any atom is 0.404 e. The molecule has 0 spiro atoms. The van der Waals surface area contributed by atoms with Crippen molar-refractivity contribution in [2.45, 2.75) is 30.6 Å². The van der Waals surface area contributed by atoms with Gasteiger partial charge in [-0.1, -0.05) is 24.8 Å². The molecule has 1 aromatic rings. The summed E-state index contributed by atoms with van der Waals surface area (Å²) in [5, 5.41) is 11.1. The maximum absolute atomic E-state index is 10.5. The highest BCUT2D eigenvalue weighted by Crippen LogP contribution is 2.27. The fraction of sp³-hybridized carbons (Fsp3) is 0.421. The number of rotatable bonds is 14. The van der Waals surface area contributed by atoms with Crippen LogP contribution in [0.15, 0.2) is 54.5 Å². The molecule has 0 unspecified atom stereocenters. The first-order valence-corrected chi connectivity index (χ1v) is 9.27. The molecule has 1 rings (SSSR count). The van der Waals surface area contributed by atoms with Gasteiger partial charge in [-0.3, -0.25) is 0 Å². The van der Waals surface area contributed by atoms with Gasteiger partial charge in [0, 0.05) is 24.5 Å². The van der Waals surface area contributed by atoms with Gasteiger partial charge in [-0.25, -0.2) is 9.10 Å². The van der Waals surface area contributed by atoms with Gasteiger partial charge in [0.25, 0.3) is 0 Å². The lowest BCUT2D eigenvalue weighted by Crippen LogP contribution is -2.26. The fourth-order valence-corrected chi connectivity index (χ4v) is 3.20. The number of unbranched alkanes of at least 4 members (excludes halogenated alkanes) is 2. The van der Waals surface area contributed by atoms with Gasteiger partial charge in [0.2, 0.25) is 0 Å². The molecule has 6 heteroatoms. The van der Waals surface area contributed by atoms with E-state index < -0.39 is 6.09 Å². The van der Waals surface area contributed by atoms with Crippen LogP contribution in [0.2, 0.25) is 0 Å². The van der Waals surface area contributed by atoms with Crippen LogP contribution in [-0.2, 0) is 0 Å². The largest absolute Gasteiger partial charge is 0.490 e. The predicted molar refractivity (Wildman–Crippen MR) is 104 cm³/mol. The molecule has 5 nitrogen and oxygen atoms in total. The zero-order chi connectivity index (χ0) is 18.3. The van der Waals surface area contributed by atoms with Crippen LogP contribution in [0.4, 0.5) is 4.79 Å². The number of benzene rings is 1. The summed E-state index contributed by atoms with van der Waals surface area (Å²) in [7, 11) is 0. The lowest BCUT2D eigenvalue weighted by Gasteiger charge is -2.21. The van der Waals surface area contributed by atoms with Crippen LogP contribution < -0.4 is 10.1 Å². The van der Waals surface area contributed by atoms with Crippen molar-refractivity contribution in [3.05, 3.63) is 49.6 Å². The SMILES string of the molecule is C=CCCCCN(CCCNC(=O)O)Sc1cccc(OCC=C)c1. The minimum absolute atomic E-state index is 0.460. The Labute approximate surface area is 154 Å². The van der Waals surface area contributed by atoms with Gasteiger partial charge in [-0.2, -0.15) is 0 Å². The second-order valence-electron chi connectivity index (χ2n) is 5.46. The number of ether oxygens (including phenoxy) is 1. The Hall–Kier alpha value is -1.92. The van der Waals surface area contributed by atoms with Crippen LogP contribution in [0, 0.1) is 0 Å². The molecule has 0 bridgehead atoms. The third-order valence-electron chi connectivity index (χ3n) is 3.33. The summed E-state index contributed by atoms with van der Waals surface area (Å²) in [4.78, 5) is 11.7. The van der Waals surface area contributed by atoms with Gasteiger partial charge < -0.3 is 15.2 Å². The molecule has 0 radical (unpaired) electrons. The average molecular weight is 365 g/mol. The first-order valence-electron chi connectivity index (χ1n) is 8.50. The van der Waals surface area contributed by atoms with E-state index in [9.17, 15) is 4.79 Å². The summed E-state index contributed by atoms with van der Waals surface area (Å²) in [6.07, 6.45) is 6.67. The van der Waals surface area contributed by atoms with Crippen molar-refractivity contribution in [1.29, 1.82) is 0 Å². The van der Waals surface area contributed by atoms with Gasteiger partial charge in [0.1, 0.15) is 12.4 Å². The Kier molecular flexibility index (Phi) is 11.3. The van der Waals surface area contributed by atoms with Gasteiger partial charge >= 0.3 is 6.09 Å². The molecule has 25 heavy (non-hydrogen) atoms. The van der Waals surface area contributed by atoms with Crippen molar-refractivity contribution in [3.8, 4) is 5.75 Å². The highest BCUT2D eigenvalue weighted by molar-refractivity contribution is 7.97. The number of carbonyl (C=O) groups is 1.